The number of nitrogens with two attached hydrogens (primary N) is 1. The molecule has 2 N–H and O–H groups in total. The Bertz CT molecular complexity index is 326. The number of benzene rings is 1. The molecule has 2 nitrogen and oxygen atoms in total. The molecule has 0 aliphatic heterocycles. The average Bonchev–Trinajstić information content (AvgIpc) is 2.29. The maximum absolute atomic E-state index is 13.5. The van der Waals surface area contributed by atoms with Crippen LogP contribution in [0.4, 0.5) is 10.1 Å². The van der Waals surface area contributed by atoms with Crippen molar-refractivity contribution in [1.29, 1.82) is 0 Å². The Morgan fingerprint density at radius 1 is 1.31 bits per heavy atom. The predicted octanol–water partition coefficient (Wildman–Crippen LogP) is 2.91. The lowest BCUT2D eigenvalue weighted by Crippen LogP contribution is -2.21. The first-order chi connectivity index (χ1) is 7.70. The van der Waals surface area contributed by atoms with Crippen molar-refractivity contribution in [3.63, 3.8) is 0 Å². The molecule has 0 saturated heterocycles. The minimum Gasteiger partial charge on any atom is -0.374 e. The van der Waals surface area contributed by atoms with Crippen LogP contribution < -0.4 is 10.6 Å². The Morgan fingerprint density at radius 2 is 2.06 bits per heavy atom. The molecule has 0 heterocycles. The Morgan fingerprint density at radius 3 is 2.69 bits per heavy atom. The number of anilines is 1. The quantitative estimate of drug-likeness (QED) is 0.753. The van der Waals surface area contributed by atoms with Gasteiger partial charge in [-0.05, 0) is 18.6 Å². The van der Waals surface area contributed by atoms with Gasteiger partial charge in [0, 0.05) is 31.4 Å². The Balaban J connectivity index is 2.74. The number of hydrogen-bond acceptors (Lipinski definition) is 2. The molecule has 0 unspecified atom stereocenters. The molecule has 0 radical (unpaired) electrons. The number of hydrogen-bond donors (Lipinski definition) is 1. The molecule has 0 bridgehead atoms. The highest BCUT2D eigenvalue weighted by Crippen LogP contribution is 2.22. The van der Waals surface area contributed by atoms with E-state index in [0.29, 0.717) is 5.56 Å². The first kappa shape index (κ1) is 13.0. The van der Waals surface area contributed by atoms with E-state index in [1.165, 1.54) is 18.9 Å². The van der Waals surface area contributed by atoms with E-state index in [-0.39, 0.29) is 12.4 Å². The smallest absolute Gasteiger partial charge is 0.129 e. The summed E-state index contributed by atoms with van der Waals surface area (Å²) in [5, 5.41) is 0. The van der Waals surface area contributed by atoms with Gasteiger partial charge < -0.3 is 10.6 Å². The second-order valence-electron chi connectivity index (χ2n) is 4.07. The highest BCUT2D eigenvalue weighted by Gasteiger charge is 2.09. The van der Waals surface area contributed by atoms with Gasteiger partial charge in [-0.3, -0.25) is 0 Å². The Kier molecular flexibility index (Phi) is 5.26. The third-order valence-electron chi connectivity index (χ3n) is 2.81. The van der Waals surface area contributed by atoms with E-state index in [0.717, 1.165) is 18.7 Å². The van der Waals surface area contributed by atoms with Crippen molar-refractivity contribution in [1.82, 2.24) is 0 Å². The topological polar surface area (TPSA) is 29.3 Å². The molecule has 0 aliphatic rings. The standard InChI is InChI=1S/C13H21FN2/c1-3-4-5-9-16(2)13-8-6-7-12(14)11(13)10-15/h6-8H,3-5,9-10,15H2,1-2H3. The summed E-state index contributed by atoms with van der Waals surface area (Å²) in [5.41, 5.74) is 7.11. The van der Waals surface area contributed by atoms with E-state index in [2.05, 4.69) is 11.8 Å². The van der Waals surface area contributed by atoms with Gasteiger partial charge in [0.05, 0.1) is 0 Å². The van der Waals surface area contributed by atoms with Gasteiger partial charge in [-0.1, -0.05) is 25.8 Å². The second kappa shape index (κ2) is 6.48. The summed E-state index contributed by atoms with van der Waals surface area (Å²) in [6.45, 7) is 3.37. The molecule has 0 spiro atoms. The minimum atomic E-state index is -0.206. The van der Waals surface area contributed by atoms with Crippen LogP contribution in [0.3, 0.4) is 0 Å². The lowest BCUT2D eigenvalue weighted by molar-refractivity contribution is 0.608. The molecule has 0 amide bonds. The maximum Gasteiger partial charge on any atom is 0.129 e. The Labute approximate surface area is 97.3 Å². The summed E-state index contributed by atoms with van der Waals surface area (Å²) in [5.74, 6) is -0.206. The van der Waals surface area contributed by atoms with Crippen LogP contribution >= 0.6 is 0 Å². The molecule has 0 fully saturated rings. The van der Waals surface area contributed by atoms with Gasteiger partial charge in [0.1, 0.15) is 5.82 Å². The summed E-state index contributed by atoms with van der Waals surface area (Å²) in [6.07, 6.45) is 3.53. The largest absolute Gasteiger partial charge is 0.374 e. The highest BCUT2D eigenvalue weighted by atomic mass is 19.1. The summed E-state index contributed by atoms with van der Waals surface area (Å²) in [7, 11) is 1.99. The second-order valence-corrected chi connectivity index (χ2v) is 4.07. The van der Waals surface area contributed by atoms with Gasteiger partial charge >= 0.3 is 0 Å². The van der Waals surface area contributed by atoms with Crippen molar-refractivity contribution < 1.29 is 4.39 Å². The van der Waals surface area contributed by atoms with Crippen LogP contribution in [0.1, 0.15) is 31.7 Å². The van der Waals surface area contributed by atoms with Crippen LogP contribution in [-0.4, -0.2) is 13.6 Å². The molecular formula is C13H21FN2. The van der Waals surface area contributed by atoms with Gasteiger partial charge in [-0.2, -0.15) is 0 Å². The molecule has 1 aromatic carbocycles. The van der Waals surface area contributed by atoms with E-state index >= 15 is 0 Å². The molecular weight excluding hydrogens is 203 g/mol. The summed E-state index contributed by atoms with van der Waals surface area (Å²) >= 11 is 0. The Hall–Kier alpha value is -1.09. The third-order valence-corrected chi connectivity index (χ3v) is 2.81. The molecule has 90 valence electrons. The van der Waals surface area contributed by atoms with E-state index in [1.54, 1.807) is 6.07 Å². The summed E-state index contributed by atoms with van der Waals surface area (Å²) < 4.78 is 13.5. The fourth-order valence-corrected chi connectivity index (χ4v) is 1.83. The van der Waals surface area contributed by atoms with Gasteiger partial charge in [0.2, 0.25) is 0 Å². The summed E-state index contributed by atoms with van der Waals surface area (Å²) in [6, 6.07) is 5.13. The van der Waals surface area contributed by atoms with E-state index < -0.39 is 0 Å². The maximum atomic E-state index is 13.5. The number of rotatable bonds is 6. The van der Waals surface area contributed by atoms with Crippen molar-refractivity contribution in [2.24, 2.45) is 5.73 Å². The molecule has 0 atom stereocenters. The highest BCUT2D eigenvalue weighted by molar-refractivity contribution is 5.53. The molecule has 1 rings (SSSR count). The third kappa shape index (κ3) is 3.20. The zero-order valence-electron chi connectivity index (χ0n) is 10.2. The monoisotopic (exact) mass is 224 g/mol. The molecule has 0 saturated carbocycles. The SMILES string of the molecule is CCCCCN(C)c1cccc(F)c1CN. The van der Waals surface area contributed by atoms with Crippen LogP contribution in [0.5, 0.6) is 0 Å². The van der Waals surface area contributed by atoms with Crippen LogP contribution in [0.15, 0.2) is 18.2 Å². The van der Waals surface area contributed by atoms with Crippen molar-refractivity contribution in [2.45, 2.75) is 32.7 Å². The lowest BCUT2D eigenvalue weighted by atomic mass is 10.1. The zero-order chi connectivity index (χ0) is 12.0. The van der Waals surface area contributed by atoms with Crippen LogP contribution in [0.2, 0.25) is 0 Å². The fourth-order valence-electron chi connectivity index (χ4n) is 1.83. The lowest BCUT2D eigenvalue weighted by Gasteiger charge is -2.22. The van der Waals surface area contributed by atoms with Gasteiger partial charge in [-0.15, -0.1) is 0 Å². The van der Waals surface area contributed by atoms with Crippen molar-refractivity contribution in [2.75, 3.05) is 18.5 Å². The molecule has 16 heavy (non-hydrogen) atoms. The summed E-state index contributed by atoms with van der Waals surface area (Å²) in [4.78, 5) is 2.08. The molecule has 0 aliphatic carbocycles. The van der Waals surface area contributed by atoms with Crippen LogP contribution in [-0.2, 0) is 6.54 Å². The van der Waals surface area contributed by atoms with Gasteiger partial charge in [0.25, 0.3) is 0 Å². The van der Waals surface area contributed by atoms with Gasteiger partial charge in [0.15, 0.2) is 0 Å². The van der Waals surface area contributed by atoms with Gasteiger partial charge in [-0.25, -0.2) is 4.39 Å². The van der Waals surface area contributed by atoms with E-state index in [1.807, 2.05) is 13.1 Å². The van der Waals surface area contributed by atoms with E-state index in [4.69, 9.17) is 5.73 Å². The average molecular weight is 224 g/mol. The first-order valence-electron chi connectivity index (χ1n) is 5.89. The van der Waals surface area contributed by atoms with Crippen molar-refractivity contribution >= 4 is 5.69 Å². The molecule has 0 aromatic heterocycles. The predicted molar refractivity (Wildman–Crippen MR) is 67.1 cm³/mol. The molecule has 3 heteroatoms. The normalized spacial score (nSPS) is 10.5. The minimum absolute atomic E-state index is 0.206. The van der Waals surface area contributed by atoms with Crippen LogP contribution in [0.25, 0.3) is 0 Å². The van der Waals surface area contributed by atoms with Crippen molar-refractivity contribution in [3.05, 3.63) is 29.6 Å². The van der Waals surface area contributed by atoms with E-state index in [9.17, 15) is 4.39 Å². The number of nitrogens with zero attached hydrogens (tertiary/aromatic N) is 1. The van der Waals surface area contributed by atoms with Crippen molar-refractivity contribution in [3.8, 4) is 0 Å². The zero-order valence-corrected chi connectivity index (χ0v) is 10.2. The molecule has 1 aromatic rings. The number of halogens is 1. The first-order valence-corrected chi connectivity index (χ1v) is 5.89. The fraction of sp³-hybridized carbons (Fsp3) is 0.538. The van der Waals surface area contributed by atoms with Crippen LogP contribution in [0, 0.1) is 5.82 Å². The number of unbranched alkanes of at least 4 members (excludes halogenated alkanes) is 2.